The summed E-state index contributed by atoms with van der Waals surface area (Å²) in [6.07, 6.45) is 6.19. The molecule has 0 spiro atoms. The first-order valence-electron chi connectivity index (χ1n) is 6.43. The molecule has 0 saturated heterocycles. The van der Waals surface area contributed by atoms with Gasteiger partial charge >= 0.3 is 0 Å². The van der Waals surface area contributed by atoms with E-state index >= 15 is 0 Å². The smallest absolute Gasteiger partial charge is 0.223 e. The van der Waals surface area contributed by atoms with Crippen LogP contribution in [0.4, 0.5) is 0 Å². The Morgan fingerprint density at radius 2 is 2.12 bits per heavy atom. The number of nitrogens with zero attached hydrogens (tertiary/aromatic N) is 1. The molecule has 0 aromatic carbocycles. The Balaban J connectivity index is 1.78. The highest BCUT2D eigenvalue weighted by Gasteiger charge is 2.23. The molecule has 1 aliphatic rings. The number of carbonyl (C=O) groups excluding carboxylic acids is 1. The molecular formula is C14H20N2O. The van der Waals surface area contributed by atoms with Gasteiger partial charge in [0.25, 0.3) is 0 Å². The van der Waals surface area contributed by atoms with Crippen LogP contribution < -0.4 is 5.32 Å². The normalized spacial score (nSPS) is 24.3. The molecule has 1 aliphatic carbocycles. The van der Waals surface area contributed by atoms with Crippen molar-refractivity contribution < 1.29 is 4.79 Å². The Kier molecular flexibility index (Phi) is 4.13. The van der Waals surface area contributed by atoms with Gasteiger partial charge in [-0.05, 0) is 43.7 Å². The molecule has 1 fully saturated rings. The third-order valence-corrected chi connectivity index (χ3v) is 3.56. The van der Waals surface area contributed by atoms with Crippen molar-refractivity contribution in [3.63, 3.8) is 0 Å². The van der Waals surface area contributed by atoms with Gasteiger partial charge in [0.15, 0.2) is 0 Å². The molecule has 1 saturated carbocycles. The fourth-order valence-electron chi connectivity index (χ4n) is 2.35. The number of nitrogens with one attached hydrogen (secondary N) is 1. The van der Waals surface area contributed by atoms with E-state index < -0.39 is 0 Å². The quantitative estimate of drug-likeness (QED) is 0.870. The standard InChI is InChI=1S/C14H20N2O/c1-11-5-7-12(8-6-11)14(17)16-10-13-4-2-3-9-15-13/h2-4,9,11-12H,5-8,10H2,1H3,(H,16,17). The van der Waals surface area contributed by atoms with Gasteiger partial charge in [0.2, 0.25) is 5.91 Å². The second-order valence-electron chi connectivity index (χ2n) is 5.00. The maximum atomic E-state index is 11.9. The van der Waals surface area contributed by atoms with Gasteiger partial charge in [-0.2, -0.15) is 0 Å². The lowest BCUT2D eigenvalue weighted by atomic mass is 9.82. The van der Waals surface area contributed by atoms with Crippen LogP contribution in [-0.4, -0.2) is 10.9 Å². The Morgan fingerprint density at radius 3 is 2.76 bits per heavy atom. The molecule has 1 aromatic rings. The first kappa shape index (κ1) is 12.1. The highest BCUT2D eigenvalue weighted by atomic mass is 16.1. The van der Waals surface area contributed by atoms with Crippen molar-refractivity contribution in [1.29, 1.82) is 0 Å². The monoisotopic (exact) mass is 232 g/mol. The topological polar surface area (TPSA) is 42.0 Å². The third kappa shape index (κ3) is 3.55. The second kappa shape index (κ2) is 5.80. The Morgan fingerprint density at radius 1 is 1.35 bits per heavy atom. The van der Waals surface area contributed by atoms with Crippen molar-refractivity contribution in [2.24, 2.45) is 11.8 Å². The van der Waals surface area contributed by atoms with Crippen LogP contribution in [-0.2, 0) is 11.3 Å². The predicted octanol–water partition coefficient (Wildman–Crippen LogP) is 2.52. The van der Waals surface area contributed by atoms with E-state index in [0.29, 0.717) is 6.54 Å². The summed E-state index contributed by atoms with van der Waals surface area (Å²) in [5.41, 5.74) is 0.921. The van der Waals surface area contributed by atoms with Crippen LogP contribution in [0.1, 0.15) is 38.3 Å². The minimum absolute atomic E-state index is 0.197. The van der Waals surface area contributed by atoms with Crippen LogP contribution in [0, 0.1) is 11.8 Å². The fraction of sp³-hybridized carbons (Fsp3) is 0.571. The van der Waals surface area contributed by atoms with E-state index in [4.69, 9.17) is 0 Å². The van der Waals surface area contributed by atoms with Crippen molar-refractivity contribution in [3.8, 4) is 0 Å². The van der Waals surface area contributed by atoms with Crippen LogP contribution in [0.5, 0.6) is 0 Å². The molecule has 0 radical (unpaired) electrons. The first-order valence-corrected chi connectivity index (χ1v) is 6.43. The van der Waals surface area contributed by atoms with E-state index in [-0.39, 0.29) is 11.8 Å². The Hall–Kier alpha value is -1.38. The van der Waals surface area contributed by atoms with Crippen LogP contribution in [0.25, 0.3) is 0 Å². The summed E-state index contributed by atoms with van der Waals surface area (Å²) in [6, 6.07) is 5.76. The summed E-state index contributed by atoms with van der Waals surface area (Å²) in [4.78, 5) is 16.1. The summed E-state index contributed by atoms with van der Waals surface area (Å²) >= 11 is 0. The minimum Gasteiger partial charge on any atom is -0.350 e. The zero-order valence-corrected chi connectivity index (χ0v) is 10.4. The largest absolute Gasteiger partial charge is 0.350 e. The van der Waals surface area contributed by atoms with Gasteiger partial charge < -0.3 is 5.32 Å². The van der Waals surface area contributed by atoms with Gasteiger partial charge in [-0.25, -0.2) is 0 Å². The molecule has 2 rings (SSSR count). The van der Waals surface area contributed by atoms with E-state index in [1.807, 2.05) is 18.2 Å². The second-order valence-corrected chi connectivity index (χ2v) is 5.00. The van der Waals surface area contributed by atoms with Gasteiger partial charge in [-0.3, -0.25) is 9.78 Å². The fourth-order valence-corrected chi connectivity index (χ4v) is 2.35. The van der Waals surface area contributed by atoms with Crippen LogP contribution in [0.2, 0.25) is 0 Å². The molecule has 3 nitrogen and oxygen atoms in total. The molecule has 1 N–H and O–H groups in total. The molecule has 1 heterocycles. The van der Waals surface area contributed by atoms with Crippen molar-refractivity contribution in [2.45, 2.75) is 39.2 Å². The van der Waals surface area contributed by atoms with E-state index in [0.717, 1.165) is 24.5 Å². The first-order chi connectivity index (χ1) is 8.25. The Labute approximate surface area is 103 Å². The lowest BCUT2D eigenvalue weighted by molar-refractivity contribution is -0.126. The molecule has 0 unspecified atom stereocenters. The van der Waals surface area contributed by atoms with Crippen molar-refractivity contribution in [3.05, 3.63) is 30.1 Å². The zero-order valence-electron chi connectivity index (χ0n) is 10.4. The van der Waals surface area contributed by atoms with Crippen molar-refractivity contribution >= 4 is 5.91 Å². The van der Waals surface area contributed by atoms with Crippen molar-refractivity contribution in [2.75, 3.05) is 0 Å². The molecule has 0 aliphatic heterocycles. The number of rotatable bonds is 3. The average molecular weight is 232 g/mol. The molecule has 0 atom stereocenters. The van der Waals surface area contributed by atoms with E-state index in [1.54, 1.807) is 6.20 Å². The summed E-state index contributed by atoms with van der Waals surface area (Å²) in [7, 11) is 0. The predicted molar refractivity (Wildman–Crippen MR) is 67.2 cm³/mol. The van der Waals surface area contributed by atoms with Gasteiger partial charge in [-0.1, -0.05) is 13.0 Å². The molecular weight excluding hydrogens is 212 g/mol. The van der Waals surface area contributed by atoms with E-state index in [1.165, 1.54) is 12.8 Å². The highest BCUT2D eigenvalue weighted by Crippen LogP contribution is 2.28. The number of carbonyl (C=O) groups is 1. The zero-order chi connectivity index (χ0) is 12.1. The number of hydrogen-bond acceptors (Lipinski definition) is 2. The number of hydrogen-bond donors (Lipinski definition) is 1. The number of aromatic nitrogens is 1. The SMILES string of the molecule is CC1CCC(C(=O)NCc2ccccn2)CC1. The third-order valence-electron chi connectivity index (χ3n) is 3.56. The lowest BCUT2D eigenvalue weighted by Gasteiger charge is -2.25. The van der Waals surface area contributed by atoms with Gasteiger partial charge in [0.05, 0.1) is 12.2 Å². The summed E-state index contributed by atoms with van der Waals surface area (Å²) in [6.45, 7) is 2.81. The summed E-state index contributed by atoms with van der Waals surface area (Å²) < 4.78 is 0. The average Bonchev–Trinajstić information content (AvgIpc) is 2.38. The molecule has 0 bridgehead atoms. The molecule has 1 amide bonds. The summed E-state index contributed by atoms with van der Waals surface area (Å²) in [5, 5.41) is 2.98. The highest BCUT2D eigenvalue weighted by molar-refractivity contribution is 5.78. The molecule has 92 valence electrons. The van der Waals surface area contributed by atoms with Gasteiger partial charge in [0, 0.05) is 12.1 Å². The van der Waals surface area contributed by atoms with Crippen LogP contribution in [0.15, 0.2) is 24.4 Å². The summed E-state index contributed by atoms with van der Waals surface area (Å²) in [5.74, 6) is 1.20. The van der Waals surface area contributed by atoms with Crippen molar-refractivity contribution in [1.82, 2.24) is 10.3 Å². The number of pyridine rings is 1. The minimum atomic E-state index is 0.197. The maximum Gasteiger partial charge on any atom is 0.223 e. The van der Waals surface area contributed by atoms with Crippen LogP contribution >= 0.6 is 0 Å². The lowest BCUT2D eigenvalue weighted by Crippen LogP contribution is -2.32. The van der Waals surface area contributed by atoms with E-state index in [2.05, 4.69) is 17.2 Å². The molecule has 3 heteroatoms. The van der Waals surface area contributed by atoms with Gasteiger partial charge in [-0.15, -0.1) is 0 Å². The van der Waals surface area contributed by atoms with Crippen LogP contribution in [0.3, 0.4) is 0 Å². The number of amides is 1. The van der Waals surface area contributed by atoms with Gasteiger partial charge in [0.1, 0.15) is 0 Å². The Bertz CT molecular complexity index is 356. The maximum absolute atomic E-state index is 11.9. The molecule has 1 aromatic heterocycles. The van der Waals surface area contributed by atoms with E-state index in [9.17, 15) is 4.79 Å². The molecule has 17 heavy (non-hydrogen) atoms.